The van der Waals surface area contributed by atoms with Gasteiger partial charge in [0.15, 0.2) is 0 Å². The zero-order valence-electron chi connectivity index (χ0n) is 11.2. The van der Waals surface area contributed by atoms with Gasteiger partial charge in [-0.1, -0.05) is 43.0 Å². The van der Waals surface area contributed by atoms with E-state index in [1.807, 2.05) is 0 Å². The van der Waals surface area contributed by atoms with Crippen molar-refractivity contribution in [3.05, 3.63) is 34.9 Å². The standard InChI is InChI=1S/C15H18ClNO3/c16-12-6-4-5-11(9-12)10-13(18)17-15(14(19)20)7-2-1-3-8-15/h4-6,9H,1-3,7-8,10H2,(H,17,18)(H,19,20). The minimum atomic E-state index is -1.09. The third-order valence-electron chi connectivity index (χ3n) is 3.75. The van der Waals surface area contributed by atoms with E-state index >= 15 is 0 Å². The molecule has 1 amide bonds. The first kappa shape index (κ1) is 14.9. The summed E-state index contributed by atoms with van der Waals surface area (Å²) in [4.78, 5) is 23.6. The van der Waals surface area contributed by atoms with Crippen LogP contribution in [0.1, 0.15) is 37.7 Å². The van der Waals surface area contributed by atoms with Gasteiger partial charge >= 0.3 is 5.97 Å². The van der Waals surface area contributed by atoms with Crippen molar-refractivity contribution in [3.8, 4) is 0 Å². The van der Waals surface area contributed by atoms with Crippen LogP contribution in [0.3, 0.4) is 0 Å². The topological polar surface area (TPSA) is 66.4 Å². The zero-order chi connectivity index (χ0) is 14.6. The summed E-state index contributed by atoms with van der Waals surface area (Å²) in [5.41, 5.74) is -0.306. The van der Waals surface area contributed by atoms with Crippen LogP contribution < -0.4 is 5.32 Å². The molecule has 0 heterocycles. The number of amides is 1. The van der Waals surface area contributed by atoms with E-state index in [4.69, 9.17) is 11.6 Å². The lowest BCUT2D eigenvalue weighted by Gasteiger charge is -2.34. The van der Waals surface area contributed by atoms with Gasteiger partial charge in [0, 0.05) is 5.02 Å². The third kappa shape index (κ3) is 3.51. The van der Waals surface area contributed by atoms with Gasteiger partial charge in [-0.25, -0.2) is 4.79 Å². The van der Waals surface area contributed by atoms with Crippen molar-refractivity contribution in [3.63, 3.8) is 0 Å². The van der Waals surface area contributed by atoms with Crippen molar-refractivity contribution in [1.82, 2.24) is 5.32 Å². The zero-order valence-corrected chi connectivity index (χ0v) is 11.9. The molecule has 1 fully saturated rings. The van der Waals surface area contributed by atoms with Gasteiger partial charge in [0.2, 0.25) is 5.91 Å². The van der Waals surface area contributed by atoms with E-state index in [2.05, 4.69) is 5.32 Å². The van der Waals surface area contributed by atoms with Gasteiger partial charge < -0.3 is 10.4 Å². The van der Waals surface area contributed by atoms with Crippen molar-refractivity contribution in [1.29, 1.82) is 0 Å². The summed E-state index contributed by atoms with van der Waals surface area (Å²) < 4.78 is 0. The second-order valence-corrected chi connectivity index (χ2v) is 5.74. The largest absolute Gasteiger partial charge is 0.480 e. The number of halogens is 1. The van der Waals surface area contributed by atoms with Gasteiger partial charge in [-0.15, -0.1) is 0 Å². The van der Waals surface area contributed by atoms with Crippen LogP contribution in [-0.4, -0.2) is 22.5 Å². The van der Waals surface area contributed by atoms with Crippen molar-refractivity contribution >= 4 is 23.5 Å². The first-order valence-electron chi connectivity index (χ1n) is 6.81. The molecule has 1 aromatic carbocycles. The lowest BCUT2D eigenvalue weighted by Crippen LogP contribution is -2.55. The Hall–Kier alpha value is -1.55. The second-order valence-electron chi connectivity index (χ2n) is 5.30. The average Bonchev–Trinajstić information content (AvgIpc) is 2.39. The molecule has 2 rings (SSSR count). The molecular formula is C15H18ClNO3. The fraction of sp³-hybridized carbons (Fsp3) is 0.467. The summed E-state index contributed by atoms with van der Waals surface area (Å²) in [6, 6.07) is 7.04. The summed E-state index contributed by atoms with van der Waals surface area (Å²) in [7, 11) is 0. The van der Waals surface area contributed by atoms with Gasteiger partial charge in [0.25, 0.3) is 0 Å². The van der Waals surface area contributed by atoms with E-state index < -0.39 is 11.5 Å². The number of hydrogen-bond acceptors (Lipinski definition) is 2. The molecule has 1 aromatic rings. The molecule has 0 aliphatic heterocycles. The van der Waals surface area contributed by atoms with E-state index in [-0.39, 0.29) is 12.3 Å². The van der Waals surface area contributed by atoms with E-state index in [1.165, 1.54) is 0 Å². The number of carbonyl (C=O) groups excluding carboxylic acids is 1. The van der Waals surface area contributed by atoms with Crippen molar-refractivity contribution < 1.29 is 14.7 Å². The SMILES string of the molecule is O=C(Cc1cccc(Cl)c1)NC1(C(=O)O)CCCCC1. The highest BCUT2D eigenvalue weighted by atomic mass is 35.5. The maximum Gasteiger partial charge on any atom is 0.329 e. The maximum atomic E-state index is 12.1. The number of rotatable bonds is 4. The summed E-state index contributed by atoms with van der Waals surface area (Å²) in [5, 5.41) is 12.7. The molecule has 5 heteroatoms. The molecule has 0 bridgehead atoms. The molecule has 1 saturated carbocycles. The van der Waals surface area contributed by atoms with Crippen molar-refractivity contribution in [2.45, 2.75) is 44.1 Å². The summed E-state index contributed by atoms with van der Waals surface area (Å²) >= 11 is 5.87. The fourth-order valence-corrected chi connectivity index (χ4v) is 2.90. The Bertz CT molecular complexity index is 510. The summed E-state index contributed by atoms with van der Waals surface area (Å²) in [5.74, 6) is -1.20. The molecule has 2 N–H and O–H groups in total. The molecule has 4 nitrogen and oxygen atoms in total. The predicted molar refractivity (Wildman–Crippen MR) is 76.8 cm³/mol. The van der Waals surface area contributed by atoms with E-state index in [0.29, 0.717) is 17.9 Å². The molecule has 0 saturated heterocycles. The number of carboxylic acids is 1. The highest BCUT2D eigenvalue weighted by molar-refractivity contribution is 6.30. The van der Waals surface area contributed by atoms with Gasteiger partial charge in [-0.05, 0) is 30.5 Å². The van der Waals surface area contributed by atoms with Gasteiger partial charge in [-0.2, -0.15) is 0 Å². The Morgan fingerprint density at radius 2 is 1.95 bits per heavy atom. The Labute approximate surface area is 123 Å². The number of carboxylic acid groups (broad SMARTS) is 1. The van der Waals surface area contributed by atoms with Crippen LogP contribution in [0.15, 0.2) is 24.3 Å². The first-order chi connectivity index (χ1) is 9.52. The second kappa shape index (κ2) is 6.27. The van der Waals surface area contributed by atoms with Crippen LogP contribution in [0, 0.1) is 0 Å². The molecule has 0 radical (unpaired) electrons. The van der Waals surface area contributed by atoms with E-state index in [0.717, 1.165) is 24.8 Å². The summed E-state index contributed by atoms with van der Waals surface area (Å²) in [6.45, 7) is 0. The molecule has 20 heavy (non-hydrogen) atoms. The number of aliphatic carboxylic acids is 1. The Balaban J connectivity index is 2.03. The Morgan fingerprint density at radius 1 is 1.25 bits per heavy atom. The molecule has 1 aliphatic carbocycles. The van der Waals surface area contributed by atoms with Crippen LogP contribution in [-0.2, 0) is 16.0 Å². The quantitative estimate of drug-likeness (QED) is 0.897. The fourth-order valence-electron chi connectivity index (χ4n) is 2.69. The molecular weight excluding hydrogens is 278 g/mol. The smallest absolute Gasteiger partial charge is 0.329 e. The molecule has 1 aliphatic rings. The maximum absolute atomic E-state index is 12.1. The van der Waals surface area contributed by atoms with Crippen LogP contribution in [0.5, 0.6) is 0 Å². The Morgan fingerprint density at radius 3 is 2.55 bits per heavy atom. The predicted octanol–water partition coefficient (Wildman–Crippen LogP) is 2.79. The first-order valence-corrected chi connectivity index (χ1v) is 7.18. The highest BCUT2D eigenvalue weighted by Crippen LogP contribution is 2.28. The minimum absolute atomic E-state index is 0.148. The highest BCUT2D eigenvalue weighted by Gasteiger charge is 2.40. The summed E-state index contributed by atoms with van der Waals surface area (Å²) in [6.07, 6.45) is 3.86. The minimum Gasteiger partial charge on any atom is -0.480 e. The monoisotopic (exact) mass is 295 g/mol. The molecule has 0 spiro atoms. The molecule has 0 atom stereocenters. The molecule has 0 unspecified atom stereocenters. The number of carbonyl (C=O) groups is 2. The lowest BCUT2D eigenvalue weighted by molar-refractivity contribution is -0.149. The number of benzene rings is 1. The van der Waals surface area contributed by atoms with Crippen LogP contribution in [0.4, 0.5) is 0 Å². The van der Waals surface area contributed by atoms with Gasteiger partial charge in [0.05, 0.1) is 6.42 Å². The van der Waals surface area contributed by atoms with Gasteiger partial charge in [0.1, 0.15) is 5.54 Å². The molecule has 108 valence electrons. The Kier molecular flexibility index (Phi) is 4.65. The third-order valence-corrected chi connectivity index (χ3v) is 3.98. The van der Waals surface area contributed by atoms with Crippen LogP contribution in [0.2, 0.25) is 5.02 Å². The van der Waals surface area contributed by atoms with Gasteiger partial charge in [-0.3, -0.25) is 4.79 Å². The van der Waals surface area contributed by atoms with Crippen molar-refractivity contribution in [2.75, 3.05) is 0 Å². The lowest BCUT2D eigenvalue weighted by atomic mass is 9.81. The van der Waals surface area contributed by atoms with Crippen molar-refractivity contribution in [2.24, 2.45) is 0 Å². The number of nitrogens with one attached hydrogen (secondary N) is 1. The average molecular weight is 296 g/mol. The molecule has 0 aromatic heterocycles. The normalized spacial score (nSPS) is 17.4. The van der Waals surface area contributed by atoms with Crippen LogP contribution >= 0.6 is 11.6 Å². The van der Waals surface area contributed by atoms with E-state index in [9.17, 15) is 14.7 Å². The van der Waals surface area contributed by atoms with E-state index in [1.54, 1.807) is 24.3 Å². The van der Waals surface area contributed by atoms with Crippen LogP contribution in [0.25, 0.3) is 0 Å². The number of hydrogen-bond donors (Lipinski definition) is 2.